The van der Waals surface area contributed by atoms with Gasteiger partial charge in [-0.25, -0.2) is 9.97 Å². The van der Waals surface area contributed by atoms with Crippen LogP contribution in [0.1, 0.15) is 35.4 Å². The van der Waals surface area contributed by atoms with Gasteiger partial charge in [0.25, 0.3) is 5.91 Å². The number of hydrogen-bond acceptors (Lipinski definition) is 6. The first-order valence-corrected chi connectivity index (χ1v) is 8.44. The first kappa shape index (κ1) is 18.0. The van der Waals surface area contributed by atoms with Crippen LogP contribution in [0.5, 0.6) is 0 Å². The van der Waals surface area contributed by atoms with Gasteiger partial charge in [-0.15, -0.1) is 0 Å². The van der Waals surface area contributed by atoms with E-state index < -0.39 is 18.6 Å². The highest BCUT2D eigenvalue weighted by Gasteiger charge is 2.17. The van der Waals surface area contributed by atoms with E-state index in [-0.39, 0.29) is 5.56 Å². The number of carbonyl (C=O) groups is 1. The monoisotopic (exact) mass is 354 g/mol. The third-order valence-electron chi connectivity index (χ3n) is 4.46. The summed E-state index contributed by atoms with van der Waals surface area (Å²) in [6, 6.07) is 3.13. The van der Waals surface area contributed by atoms with E-state index in [1.54, 1.807) is 6.07 Å². The average molecular weight is 354 g/mol. The van der Waals surface area contributed by atoms with Crippen molar-refractivity contribution >= 4 is 22.6 Å². The summed E-state index contributed by atoms with van der Waals surface area (Å²) in [5, 5.41) is 23.1. The maximum absolute atomic E-state index is 11.8. The molecule has 0 fully saturated rings. The molecule has 2 atom stereocenters. The Bertz CT molecular complexity index is 892. The molecule has 0 radical (unpaired) electrons. The number of hydrogen-bond donors (Lipinski definition) is 4. The number of amides is 1. The van der Waals surface area contributed by atoms with Gasteiger partial charge in [0.1, 0.15) is 18.2 Å². The lowest BCUT2D eigenvalue weighted by molar-refractivity contribution is 0.0951. The molecule has 5 N–H and O–H groups in total. The summed E-state index contributed by atoms with van der Waals surface area (Å²) in [5.41, 5.74) is 7.78. The predicted molar refractivity (Wildman–Crippen MR) is 99.6 cm³/mol. The fraction of sp³-hybridized carbons (Fsp3) is 0.316. The number of nitrogens with one attached hydrogen (secondary N) is 1. The molecule has 1 aromatic carbocycles. The van der Waals surface area contributed by atoms with Crippen molar-refractivity contribution in [1.82, 2.24) is 9.97 Å². The summed E-state index contributed by atoms with van der Waals surface area (Å²) in [4.78, 5) is 20.3. The zero-order chi connectivity index (χ0) is 18.7. The molecule has 26 heavy (non-hydrogen) atoms. The van der Waals surface area contributed by atoms with Crippen LogP contribution in [0.15, 0.2) is 42.3 Å². The van der Waals surface area contributed by atoms with E-state index in [9.17, 15) is 15.0 Å². The van der Waals surface area contributed by atoms with Gasteiger partial charge in [0.05, 0.1) is 17.7 Å². The number of aliphatic hydroxyl groups excluding tert-OH is 2. The van der Waals surface area contributed by atoms with Crippen molar-refractivity contribution in [2.75, 3.05) is 18.5 Å². The second kappa shape index (κ2) is 7.63. The van der Waals surface area contributed by atoms with Gasteiger partial charge < -0.3 is 21.3 Å². The molecule has 0 aliphatic heterocycles. The van der Waals surface area contributed by atoms with Crippen LogP contribution in [0, 0.1) is 5.92 Å². The molecule has 0 saturated carbocycles. The Labute approximate surface area is 151 Å². The minimum atomic E-state index is -1.11. The summed E-state index contributed by atoms with van der Waals surface area (Å²) < 4.78 is 0. The molecule has 2 aromatic rings. The van der Waals surface area contributed by atoms with Crippen LogP contribution < -0.4 is 11.1 Å². The van der Waals surface area contributed by atoms with Crippen molar-refractivity contribution < 1.29 is 15.0 Å². The molecular formula is C19H22N4O3. The van der Waals surface area contributed by atoms with E-state index in [1.165, 1.54) is 18.0 Å². The summed E-state index contributed by atoms with van der Waals surface area (Å²) in [6.07, 6.45) is 7.51. The molecule has 1 amide bonds. The molecule has 2 unspecified atom stereocenters. The summed E-state index contributed by atoms with van der Waals surface area (Å²) in [5.74, 6) is 0.250. The van der Waals surface area contributed by atoms with Gasteiger partial charge in [-0.05, 0) is 37.0 Å². The lowest BCUT2D eigenvalue weighted by Crippen LogP contribution is -2.17. The minimum Gasteiger partial charge on any atom is -0.393 e. The molecule has 1 aromatic heterocycles. The first-order chi connectivity index (χ1) is 12.5. The van der Waals surface area contributed by atoms with Crippen LogP contribution in [-0.4, -0.2) is 39.2 Å². The summed E-state index contributed by atoms with van der Waals surface area (Å²) >= 11 is 0. The summed E-state index contributed by atoms with van der Waals surface area (Å²) in [7, 11) is 0. The number of primary amides is 1. The van der Waals surface area contributed by atoms with E-state index in [1.807, 2.05) is 6.08 Å². The largest absolute Gasteiger partial charge is 0.393 e. The SMILES string of the molecule is CC1=CC=CC(CNc2ncnc3c(C(N)=O)cc(C(O)CO)cc23)C1. The first-order valence-electron chi connectivity index (χ1n) is 8.44. The van der Waals surface area contributed by atoms with Gasteiger partial charge >= 0.3 is 0 Å². The van der Waals surface area contributed by atoms with Gasteiger partial charge in [0.2, 0.25) is 0 Å². The zero-order valence-corrected chi connectivity index (χ0v) is 14.5. The van der Waals surface area contributed by atoms with Crippen LogP contribution in [0.4, 0.5) is 5.82 Å². The number of fused-ring (bicyclic) bond motifs is 1. The fourth-order valence-electron chi connectivity index (χ4n) is 3.11. The highest BCUT2D eigenvalue weighted by molar-refractivity contribution is 6.07. The lowest BCUT2D eigenvalue weighted by atomic mass is 9.95. The molecule has 1 aliphatic rings. The minimum absolute atomic E-state index is 0.187. The Hall–Kier alpha value is -2.77. The molecule has 1 heterocycles. The van der Waals surface area contributed by atoms with Crippen LogP contribution in [0.2, 0.25) is 0 Å². The molecule has 7 heteroatoms. The van der Waals surface area contributed by atoms with Crippen molar-refractivity contribution in [3.63, 3.8) is 0 Å². The highest BCUT2D eigenvalue weighted by Crippen LogP contribution is 2.28. The standard InChI is InChI=1S/C19H22N4O3/c1-11-3-2-4-12(5-11)8-21-19-15-7-13(16(25)9-24)6-14(18(20)26)17(15)22-10-23-19/h2-4,6-7,10,12,16,24-25H,5,8-9H2,1H3,(H2,20,26)(H,21,22,23). The van der Waals surface area contributed by atoms with Crippen molar-refractivity contribution in [3.8, 4) is 0 Å². The van der Waals surface area contributed by atoms with E-state index in [0.29, 0.717) is 34.7 Å². The number of nitrogens with two attached hydrogens (primary N) is 1. The number of aliphatic hydroxyl groups is 2. The van der Waals surface area contributed by atoms with E-state index >= 15 is 0 Å². The van der Waals surface area contributed by atoms with E-state index in [4.69, 9.17) is 5.73 Å². The molecule has 0 spiro atoms. The third-order valence-corrected chi connectivity index (χ3v) is 4.46. The topological polar surface area (TPSA) is 121 Å². The van der Waals surface area contributed by atoms with Crippen LogP contribution >= 0.6 is 0 Å². The quantitative estimate of drug-likeness (QED) is 0.626. The van der Waals surface area contributed by atoms with Gasteiger partial charge in [-0.3, -0.25) is 4.79 Å². The van der Waals surface area contributed by atoms with Gasteiger partial charge in [0, 0.05) is 11.9 Å². The number of allylic oxidation sites excluding steroid dienone is 3. The molecule has 136 valence electrons. The number of carbonyl (C=O) groups excluding carboxylic acids is 1. The fourth-order valence-corrected chi connectivity index (χ4v) is 3.11. The maximum atomic E-state index is 11.8. The Balaban J connectivity index is 1.97. The molecule has 7 nitrogen and oxygen atoms in total. The van der Waals surface area contributed by atoms with Crippen molar-refractivity contribution in [3.05, 3.63) is 53.4 Å². The van der Waals surface area contributed by atoms with Crippen LogP contribution in [-0.2, 0) is 0 Å². The number of benzene rings is 1. The highest BCUT2D eigenvalue weighted by atomic mass is 16.3. The maximum Gasteiger partial charge on any atom is 0.250 e. The Kier molecular flexibility index (Phi) is 5.29. The normalized spacial score (nSPS) is 17.8. The second-order valence-electron chi connectivity index (χ2n) is 6.49. The Morgan fingerprint density at radius 3 is 2.92 bits per heavy atom. The smallest absolute Gasteiger partial charge is 0.250 e. The number of anilines is 1. The molecule has 3 rings (SSSR count). The van der Waals surface area contributed by atoms with Crippen molar-refractivity contribution in [2.45, 2.75) is 19.4 Å². The second-order valence-corrected chi connectivity index (χ2v) is 6.49. The van der Waals surface area contributed by atoms with Crippen molar-refractivity contribution in [2.24, 2.45) is 11.7 Å². The average Bonchev–Trinajstić information content (AvgIpc) is 2.64. The van der Waals surface area contributed by atoms with E-state index in [2.05, 4.69) is 34.4 Å². The predicted octanol–water partition coefficient (Wildman–Crippen LogP) is 1.69. The molecule has 0 bridgehead atoms. The van der Waals surface area contributed by atoms with Gasteiger partial charge in [-0.2, -0.15) is 0 Å². The molecular weight excluding hydrogens is 332 g/mol. The molecule has 1 aliphatic carbocycles. The Morgan fingerprint density at radius 1 is 1.42 bits per heavy atom. The third kappa shape index (κ3) is 3.74. The molecule has 0 saturated heterocycles. The summed E-state index contributed by atoms with van der Waals surface area (Å²) in [6.45, 7) is 2.31. The number of nitrogens with zero attached hydrogens (tertiary/aromatic N) is 2. The zero-order valence-electron chi connectivity index (χ0n) is 14.5. The van der Waals surface area contributed by atoms with E-state index in [0.717, 1.165) is 6.42 Å². The van der Waals surface area contributed by atoms with Crippen LogP contribution in [0.3, 0.4) is 0 Å². The number of aromatic nitrogens is 2. The van der Waals surface area contributed by atoms with Crippen LogP contribution in [0.25, 0.3) is 10.9 Å². The van der Waals surface area contributed by atoms with Crippen molar-refractivity contribution in [1.29, 1.82) is 0 Å². The number of rotatable bonds is 6. The Morgan fingerprint density at radius 2 is 2.23 bits per heavy atom. The van der Waals surface area contributed by atoms with Gasteiger partial charge in [-0.1, -0.05) is 23.8 Å². The van der Waals surface area contributed by atoms with Gasteiger partial charge in [0.15, 0.2) is 0 Å². The lowest BCUT2D eigenvalue weighted by Gasteiger charge is -2.18.